The Morgan fingerprint density at radius 3 is 2.72 bits per heavy atom. The van der Waals surface area contributed by atoms with Crippen molar-refractivity contribution < 1.29 is 0 Å². The molecule has 1 heterocycles. The molecular formula is C13H9BrN4. The molecule has 88 valence electrons. The summed E-state index contributed by atoms with van der Waals surface area (Å²) in [6, 6.07) is 14.2. The Morgan fingerprint density at radius 1 is 1.06 bits per heavy atom. The Balaban J connectivity index is 2.26. The van der Waals surface area contributed by atoms with Crippen LogP contribution in [0.5, 0.6) is 0 Å². The SMILES string of the molecule is N#CC1=C(c2ccc3ccccc3c2Br)NNN1. The minimum absolute atomic E-state index is 0.478. The maximum Gasteiger partial charge on any atom is 0.154 e. The van der Waals surface area contributed by atoms with Crippen molar-refractivity contribution in [3.05, 3.63) is 52.1 Å². The lowest BCUT2D eigenvalue weighted by molar-refractivity contribution is 0.611. The predicted molar refractivity (Wildman–Crippen MR) is 73.6 cm³/mol. The van der Waals surface area contributed by atoms with Crippen LogP contribution in [0, 0.1) is 11.3 Å². The Labute approximate surface area is 112 Å². The van der Waals surface area contributed by atoms with Crippen molar-refractivity contribution in [2.45, 2.75) is 0 Å². The maximum atomic E-state index is 9.04. The number of nitrogens with one attached hydrogen (secondary N) is 3. The molecular weight excluding hydrogens is 292 g/mol. The number of hydrazine groups is 2. The number of benzene rings is 2. The summed E-state index contributed by atoms with van der Waals surface area (Å²) in [4.78, 5) is 0. The van der Waals surface area contributed by atoms with E-state index in [4.69, 9.17) is 5.26 Å². The minimum atomic E-state index is 0.478. The zero-order chi connectivity index (χ0) is 12.5. The van der Waals surface area contributed by atoms with Crippen LogP contribution in [-0.4, -0.2) is 0 Å². The lowest BCUT2D eigenvalue weighted by Crippen LogP contribution is -2.32. The highest BCUT2D eigenvalue weighted by atomic mass is 79.9. The number of nitrogens with zero attached hydrogens (tertiary/aromatic N) is 1. The molecule has 0 spiro atoms. The summed E-state index contributed by atoms with van der Waals surface area (Å²) < 4.78 is 0.973. The van der Waals surface area contributed by atoms with E-state index in [1.165, 1.54) is 0 Å². The molecule has 0 aliphatic carbocycles. The third-order valence-corrected chi connectivity index (χ3v) is 3.72. The Hall–Kier alpha value is -2.03. The molecule has 0 atom stereocenters. The van der Waals surface area contributed by atoms with Crippen LogP contribution in [0.15, 0.2) is 46.6 Å². The maximum absolute atomic E-state index is 9.04. The van der Waals surface area contributed by atoms with Crippen LogP contribution in [0.25, 0.3) is 16.5 Å². The van der Waals surface area contributed by atoms with Crippen molar-refractivity contribution in [3.8, 4) is 6.07 Å². The van der Waals surface area contributed by atoms with Crippen molar-refractivity contribution in [3.63, 3.8) is 0 Å². The molecule has 3 rings (SSSR count). The summed E-state index contributed by atoms with van der Waals surface area (Å²) in [5.74, 6) is 0. The lowest BCUT2D eigenvalue weighted by Gasteiger charge is -2.09. The van der Waals surface area contributed by atoms with Gasteiger partial charge in [0.05, 0.1) is 5.70 Å². The third kappa shape index (κ3) is 1.63. The number of halogens is 1. The highest BCUT2D eigenvalue weighted by Crippen LogP contribution is 2.32. The molecule has 2 aromatic carbocycles. The quantitative estimate of drug-likeness (QED) is 0.757. The Morgan fingerprint density at radius 2 is 1.89 bits per heavy atom. The van der Waals surface area contributed by atoms with Gasteiger partial charge in [-0.25, -0.2) is 0 Å². The summed E-state index contributed by atoms with van der Waals surface area (Å²) in [5.41, 5.74) is 10.6. The first-order valence-corrected chi connectivity index (χ1v) is 6.19. The largest absolute Gasteiger partial charge is 0.301 e. The van der Waals surface area contributed by atoms with Gasteiger partial charge in [-0.15, -0.1) is 5.53 Å². The van der Waals surface area contributed by atoms with E-state index >= 15 is 0 Å². The van der Waals surface area contributed by atoms with E-state index in [1.807, 2.05) is 30.3 Å². The molecule has 1 aliphatic heterocycles. The summed E-state index contributed by atoms with van der Waals surface area (Å²) in [6.07, 6.45) is 0. The molecule has 0 amide bonds. The highest BCUT2D eigenvalue weighted by molar-refractivity contribution is 9.10. The minimum Gasteiger partial charge on any atom is -0.301 e. The van der Waals surface area contributed by atoms with Crippen LogP contribution in [0.3, 0.4) is 0 Å². The van der Waals surface area contributed by atoms with Gasteiger partial charge in [0.2, 0.25) is 0 Å². The molecule has 0 unspecified atom stereocenters. The van der Waals surface area contributed by atoms with Gasteiger partial charge in [-0.1, -0.05) is 36.4 Å². The van der Waals surface area contributed by atoms with E-state index in [1.54, 1.807) is 0 Å². The molecule has 1 aliphatic rings. The molecule has 0 bridgehead atoms. The second-order valence-corrected chi connectivity index (χ2v) is 4.68. The van der Waals surface area contributed by atoms with E-state index < -0.39 is 0 Å². The summed E-state index contributed by atoms with van der Waals surface area (Å²) in [5, 5.41) is 11.3. The molecule has 5 heteroatoms. The Kier molecular flexibility index (Phi) is 2.67. The number of nitriles is 1. The molecule has 3 N–H and O–H groups in total. The van der Waals surface area contributed by atoms with E-state index in [9.17, 15) is 0 Å². The van der Waals surface area contributed by atoms with Crippen molar-refractivity contribution in [2.75, 3.05) is 0 Å². The van der Waals surface area contributed by atoms with E-state index in [0.29, 0.717) is 5.70 Å². The van der Waals surface area contributed by atoms with E-state index in [0.717, 1.165) is 26.5 Å². The summed E-state index contributed by atoms with van der Waals surface area (Å²) in [6.45, 7) is 0. The number of allylic oxidation sites excluding steroid dienone is 1. The van der Waals surface area contributed by atoms with E-state index in [-0.39, 0.29) is 0 Å². The van der Waals surface area contributed by atoms with Crippen LogP contribution >= 0.6 is 15.9 Å². The molecule has 4 nitrogen and oxygen atoms in total. The standard InChI is InChI=1S/C13H9BrN4/c14-12-9-4-2-1-3-8(9)5-6-10(12)13-11(7-15)16-18-17-13/h1-6,16-18H. The summed E-state index contributed by atoms with van der Waals surface area (Å²) in [7, 11) is 0. The number of rotatable bonds is 1. The van der Waals surface area contributed by atoms with Crippen molar-refractivity contribution in [1.29, 1.82) is 5.26 Å². The van der Waals surface area contributed by atoms with Gasteiger partial charge >= 0.3 is 0 Å². The zero-order valence-corrected chi connectivity index (χ0v) is 10.9. The smallest absolute Gasteiger partial charge is 0.154 e. The van der Waals surface area contributed by atoms with Crippen molar-refractivity contribution >= 4 is 32.4 Å². The summed E-state index contributed by atoms with van der Waals surface area (Å²) >= 11 is 3.61. The topological polar surface area (TPSA) is 59.9 Å². The molecule has 0 aromatic heterocycles. The van der Waals surface area contributed by atoms with Crippen LogP contribution in [0.1, 0.15) is 5.56 Å². The van der Waals surface area contributed by atoms with Gasteiger partial charge in [-0.2, -0.15) is 5.26 Å². The second-order valence-electron chi connectivity index (χ2n) is 3.89. The first-order valence-electron chi connectivity index (χ1n) is 5.40. The van der Waals surface area contributed by atoms with Gasteiger partial charge in [0, 0.05) is 10.0 Å². The lowest BCUT2D eigenvalue weighted by atomic mass is 10.0. The fourth-order valence-corrected chi connectivity index (χ4v) is 2.69. The predicted octanol–water partition coefficient (Wildman–Crippen LogP) is 2.41. The molecule has 2 aromatic rings. The first kappa shape index (κ1) is 11.1. The van der Waals surface area contributed by atoms with Crippen molar-refractivity contribution in [2.24, 2.45) is 0 Å². The van der Waals surface area contributed by atoms with Gasteiger partial charge in [-0.05, 0) is 26.7 Å². The number of hydrogen-bond acceptors (Lipinski definition) is 4. The highest BCUT2D eigenvalue weighted by Gasteiger charge is 2.17. The van der Waals surface area contributed by atoms with Gasteiger partial charge in [0.25, 0.3) is 0 Å². The normalized spacial score (nSPS) is 14.2. The van der Waals surface area contributed by atoms with Crippen molar-refractivity contribution in [1.82, 2.24) is 16.4 Å². The van der Waals surface area contributed by atoms with Gasteiger partial charge < -0.3 is 5.43 Å². The fraction of sp³-hybridized carbons (Fsp3) is 0. The second kappa shape index (κ2) is 4.33. The molecule has 18 heavy (non-hydrogen) atoms. The van der Waals surface area contributed by atoms with Gasteiger partial charge in [0.15, 0.2) is 5.70 Å². The van der Waals surface area contributed by atoms with E-state index in [2.05, 4.69) is 44.5 Å². The zero-order valence-electron chi connectivity index (χ0n) is 9.29. The fourth-order valence-electron chi connectivity index (χ4n) is 1.99. The monoisotopic (exact) mass is 300 g/mol. The van der Waals surface area contributed by atoms with Gasteiger partial charge in [-0.3, -0.25) is 5.43 Å². The molecule has 0 saturated carbocycles. The molecule has 0 fully saturated rings. The molecule has 0 saturated heterocycles. The average molecular weight is 301 g/mol. The third-order valence-electron chi connectivity index (χ3n) is 2.87. The van der Waals surface area contributed by atoms with Gasteiger partial charge in [0.1, 0.15) is 6.07 Å². The molecule has 0 radical (unpaired) electrons. The van der Waals surface area contributed by atoms with Crippen LogP contribution in [0.4, 0.5) is 0 Å². The van der Waals surface area contributed by atoms with Crippen LogP contribution in [-0.2, 0) is 0 Å². The number of hydrogen-bond donors (Lipinski definition) is 3. The number of fused-ring (bicyclic) bond motifs is 1. The first-order chi connectivity index (χ1) is 8.81. The van der Waals surface area contributed by atoms with Crippen LogP contribution in [0.2, 0.25) is 0 Å². The average Bonchev–Trinajstić information content (AvgIpc) is 2.88. The Bertz CT molecular complexity index is 700. The van der Waals surface area contributed by atoms with Crippen LogP contribution < -0.4 is 16.4 Å².